The number of carbonyl (C=O) groups excluding carboxylic acids is 1. The molecule has 0 radical (unpaired) electrons. The van der Waals surface area contributed by atoms with Crippen molar-refractivity contribution >= 4 is 15.9 Å². The van der Waals surface area contributed by atoms with E-state index in [2.05, 4.69) is 11.0 Å². The fraction of sp³-hybridized carbons (Fsp3) is 0.619. The van der Waals surface area contributed by atoms with E-state index in [-0.39, 0.29) is 23.4 Å². The van der Waals surface area contributed by atoms with Crippen molar-refractivity contribution in [1.29, 1.82) is 5.26 Å². The SMILES string of the molecule is CC(C)C(C#N)N1CCN(C(=O)c2ccc(F)c(S(=O)(=O)N3CCCCC3)c2)CC1. The van der Waals surface area contributed by atoms with Gasteiger partial charge in [-0.3, -0.25) is 9.69 Å². The Hall–Kier alpha value is -2.02. The summed E-state index contributed by atoms with van der Waals surface area (Å²) >= 11 is 0. The van der Waals surface area contributed by atoms with Crippen molar-refractivity contribution in [3.63, 3.8) is 0 Å². The summed E-state index contributed by atoms with van der Waals surface area (Å²) in [6, 6.07) is 5.68. The lowest BCUT2D eigenvalue weighted by molar-refractivity contribution is 0.0576. The number of piperidine rings is 1. The number of carbonyl (C=O) groups is 1. The first-order valence-electron chi connectivity index (χ1n) is 10.5. The average Bonchev–Trinajstić information content (AvgIpc) is 2.75. The number of rotatable bonds is 5. The largest absolute Gasteiger partial charge is 0.336 e. The second-order valence-electron chi connectivity index (χ2n) is 8.26. The van der Waals surface area contributed by atoms with Crippen LogP contribution in [0.5, 0.6) is 0 Å². The number of benzene rings is 1. The van der Waals surface area contributed by atoms with Crippen LogP contribution in [0.1, 0.15) is 43.5 Å². The molecule has 1 amide bonds. The molecule has 0 N–H and O–H groups in total. The predicted octanol–water partition coefficient (Wildman–Crippen LogP) is 2.31. The molecule has 1 aromatic carbocycles. The van der Waals surface area contributed by atoms with Gasteiger partial charge < -0.3 is 4.90 Å². The summed E-state index contributed by atoms with van der Waals surface area (Å²) in [5.74, 6) is -0.963. The third-order valence-electron chi connectivity index (χ3n) is 5.87. The predicted molar refractivity (Wildman–Crippen MR) is 111 cm³/mol. The van der Waals surface area contributed by atoms with Gasteiger partial charge in [-0.2, -0.15) is 9.57 Å². The summed E-state index contributed by atoms with van der Waals surface area (Å²) in [4.78, 5) is 16.2. The molecule has 2 aliphatic rings. The molecular formula is C21H29FN4O3S. The van der Waals surface area contributed by atoms with Gasteiger partial charge in [-0.1, -0.05) is 20.3 Å². The van der Waals surface area contributed by atoms with E-state index in [1.807, 2.05) is 13.8 Å². The molecule has 2 aliphatic heterocycles. The van der Waals surface area contributed by atoms with Crippen molar-refractivity contribution in [1.82, 2.24) is 14.1 Å². The molecule has 7 nitrogen and oxygen atoms in total. The van der Waals surface area contributed by atoms with Crippen molar-refractivity contribution < 1.29 is 17.6 Å². The van der Waals surface area contributed by atoms with Crippen LogP contribution in [0.4, 0.5) is 4.39 Å². The van der Waals surface area contributed by atoms with E-state index in [9.17, 15) is 22.9 Å². The van der Waals surface area contributed by atoms with Gasteiger partial charge >= 0.3 is 0 Å². The van der Waals surface area contributed by atoms with Crippen LogP contribution < -0.4 is 0 Å². The van der Waals surface area contributed by atoms with Crippen molar-refractivity contribution in [2.45, 2.75) is 44.0 Å². The van der Waals surface area contributed by atoms with Crippen molar-refractivity contribution in [3.8, 4) is 6.07 Å². The van der Waals surface area contributed by atoms with Gasteiger partial charge in [-0.05, 0) is 37.0 Å². The molecule has 1 atom stereocenters. The van der Waals surface area contributed by atoms with E-state index >= 15 is 0 Å². The zero-order chi connectivity index (χ0) is 21.9. The fourth-order valence-electron chi connectivity index (χ4n) is 4.12. The van der Waals surface area contributed by atoms with E-state index in [0.717, 1.165) is 25.3 Å². The van der Waals surface area contributed by atoms with Gasteiger partial charge in [0.15, 0.2) is 0 Å². The lowest BCUT2D eigenvalue weighted by atomic mass is 10.0. The third-order valence-corrected chi connectivity index (χ3v) is 7.78. The Balaban J connectivity index is 1.75. The molecule has 0 spiro atoms. The fourth-order valence-corrected chi connectivity index (χ4v) is 5.72. The smallest absolute Gasteiger partial charge is 0.253 e. The third kappa shape index (κ3) is 4.66. The summed E-state index contributed by atoms with van der Waals surface area (Å²) in [6.07, 6.45) is 2.47. The molecule has 30 heavy (non-hydrogen) atoms. The van der Waals surface area contributed by atoms with Gasteiger partial charge in [0, 0.05) is 44.8 Å². The van der Waals surface area contributed by atoms with Crippen molar-refractivity contribution in [2.24, 2.45) is 5.92 Å². The lowest BCUT2D eigenvalue weighted by Crippen LogP contribution is -2.52. The molecule has 0 saturated carbocycles. The first-order valence-corrected chi connectivity index (χ1v) is 11.9. The first kappa shape index (κ1) is 22.7. The molecule has 0 aromatic heterocycles. The molecular weight excluding hydrogens is 407 g/mol. The van der Waals surface area contributed by atoms with Crippen LogP contribution in [0, 0.1) is 23.1 Å². The number of nitriles is 1. The van der Waals surface area contributed by atoms with Crippen molar-refractivity contribution in [2.75, 3.05) is 39.3 Å². The van der Waals surface area contributed by atoms with E-state index in [1.54, 1.807) is 4.90 Å². The highest BCUT2D eigenvalue weighted by Crippen LogP contribution is 2.25. The molecule has 2 saturated heterocycles. The molecule has 164 valence electrons. The molecule has 9 heteroatoms. The molecule has 1 aromatic rings. The van der Waals surface area contributed by atoms with Crippen LogP contribution in [0.2, 0.25) is 0 Å². The minimum Gasteiger partial charge on any atom is -0.336 e. The summed E-state index contributed by atoms with van der Waals surface area (Å²) < 4.78 is 41.5. The van der Waals surface area contributed by atoms with E-state index in [4.69, 9.17) is 0 Å². The summed E-state index contributed by atoms with van der Waals surface area (Å²) in [7, 11) is -3.97. The zero-order valence-corrected chi connectivity index (χ0v) is 18.4. The highest BCUT2D eigenvalue weighted by atomic mass is 32.2. The van der Waals surface area contributed by atoms with Crippen LogP contribution in [-0.4, -0.2) is 73.7 Å². The van der Waals surface area contributed by atoms with Gasteiger partial charge in [0.1, 0.15) is 16.8 Å². The van der Waals surface area contributed by atoms with Crippen LogP contribution in [0.3, 0.4) is 0 Å². The van der Waals surface area contributed by atoms with Crippen LogP contribution in [0.25, 0.3) is 0 Å². The summed E-state index contributed by atoms with van der Waals surface area (Å²) in [5, 5.41) is 9.37. The van der Waals surface area contributed by atoms with Crippen molar-refractivity contribution in [3.05, 3.63) is 29.6 Å². The Kier molecular flexibility index (Phi) is 7.11. The summed E-state index contributed by atoms with van der Waals surface area (Å²) in [6.45, 7) is 6.76. The van der Waals surface area contributed by atoms with Crippen LogP contribution in [0.15, 0.2) is 23.1 Å². The van der Waals surface area contributed by atoms with E-state index < -0.39 is 20.7 Å². The van der Waals surface area contributed by atoms with E-state index in [1.165, 1.54) is 16.4 Å². The Labute approximate surface area is 178 Å². The second kappa shape index (κ2) is 9.41. The van der Waals surface area contributed by atoms with Gasteiger partial charge in [0.05, 0.1) is 6.07 Å². The second-order valence-corrected chi connectivity index (χ2v) is 10.2. The number of nitrogens with zero attached hydrogens (tertiary/aromatic N) is 4. The number of sulfonamides is 1. The van der Waals surface area contributed by atoms with Gasteiger partial charge in [-0.25, -0.2) is 12.8 Å². The van der Waals surface area contributed by atoms with Gasteiger partial charge in [-0.15, -0.1) is 0 Å². The van der Waals surface area contributed by atoms with Gasteiger partial charge in [0.25, 0.3) is 5.91 Å². The maximum absolute atomic E-state index is 14.4. The highest BCUT2D eigenvalue weighted by Gasteiger charge is 2.31. The summed E-state index contributed by atoms with van der Waals surface area (Å²) in [5.41, 5.74) is 0.168. The number of halogens is 1. The minimum absolute atomic E-state index is 0.168. The molecule has 1 unspecified atom stereocenters. The first-order chi connectivity index (χ1) is 14.3. The minimum atomic E-state index is -3.97. The monoisotopic (exact) mass is 436 g/mol. The molecule has 3 rings (SSSR count). The van der Waals surface area contributed by atoms with Gasteiger partial charge in [0.2, 0.25) is 10.0 Å². The quantitative estimate of drug-likeness (QED) is 0.707. The average molecular weight is 437 g/mol. The maximum atomic E-state index is 14.4. The Morgan fingerprint density at radius 1 is 1.07 bits per heavy atom. The zero-order valence-electron chi connectivity index (χ0n) is 17.6. The number of piperazine rings is 1. The maximum Gasteiger partial charge on any atom is 0.253 e. The number of hydrogen-bond donors (Lipinski definition) is 0. The molecule has 2 fully saturated rings. The highest BCUT2D eigenvalue weighted by molar-refractivity contribution is 7.89. The van der Waals surface area contributed by atoms with Crippen LogP contribution >= 0.6 is 0 Å². The lowest BCUT2D eigenvalue weighted by Gasteiger charge is -2.38. The van der Waals surface area contributed by atoms with Crippen LogP contribution in [-0.2, 0) is 10.0 Å². The standard InChI is InChI=1S/C21H29FN4O3S/c1-16(2)19(15-23)24-10-12-25(13-11-24)21(27)17-6-7-18(22)20(14-17)30(28,29)26-8-4-3-5-9-26/h6-7,14,16,19H,3-5,8-13H2,1-2H3. The number of hydrogen-bond acceptors (Lipinski definition) is 5. The normalized spacial score (nSPS) is 20.2. The van der Waals surface area contributed by atoms with E-state index in [0.29, 0.717) is 39.3 Å². The molecule has 0 bridgehead atoms. The molecule has 2 heterocycles. The Morgan fingerprint density at radius 3 is 2.27 bits per heavy atom. The molecule has 0 aliphatic carbocycles. The topological polar surface area (TPSA) is 84.7 Å². The Morgan fingerprint density at radius 2 is 1.70 bits per heavy atom. The Bertz CT molecular complexity index is 915. The number of amides is 1.